The van der Waals surface area contributed by atoms with E-state index in [0.717, 1.165) is 45.0 Å². The lowest BCUT2D eigenvalue weighted by molar-refractivity contribution is 0.649. The monoisotopic (exact) mass is 337 g/mol. The summed E-state index contributed by atoms with van der Waals surface area (Å²) in [4.78, 5) is 11.3. The largest absolute Gasteiger partial charge is 0.369 e. The number of nitrogens with one attached hydrogen (secondary N) is 2. The van der Waals surface area contributed by atoms with Crippen molar-refractivity contribution in [2.45, 2.75) is 25.8 Å². The Morgan fingerprint density at radius 2 is 2.12 bits per heavy atom. The lowest BCUT2D eigenvalue weighted by Gasteiger charge is -2.20. The number of rotatable bonds is 6. The fraction of sp³-hybridized carbons (Fsp3) is 0.400. The molecule has 1 aliphatic rings. The van der Waals surface area contributed by atoms with Crippen molar-refractivity contribution in [3.63, 3.8) is 0 Å². The third-order valence-electron chi connectivity index (χ3n) is 4.39. The van der Waals surface area contributed by atoms with Crippen molar-refractivity contribution < 1.29 is 0 Å². The number of hydrogen-bond acceptors (Lipinski definition) is 3. The molecule has 0 spiro atoms. The number of aliphatic imine (C=N–C) groups is 1. The van der Waals surface area contributed by atoms with Crippen LogP contribution in [0.2, 0.25) is 0 Å². The van der Waals surface area contributed by atoms with Gasteiger partial charge in [0, 0.05) is 50.3 Å². The first-order valence-electron chi connectivity index (χ1n) is 9.09. The van der Waals surface area contributed by atoms with Crippen LogP contribution in [0.3, 0.4) is 0 Å². The molecule has 1 aliphatic heterocycles. The molecule has 3 rings (SSSR count). The second-order valence-electron chi connectivity index (χ2n) is 6.28. The van der Waals surface area contributed by atoms with Gasteiger partial charge in [0.05, 0.1) is 0 Å². The van der Waals surface area contributed by atoms with E-state index < -0.39 is 0 Å². The van der Waals surface area contributed by atoms with Gasteiger partial charge in [-0.3, -0.25) is 9.98 Å². The van der Waals surface area contributed by atoms with Crippen LogP contribution in [0, 0.1) is 0 Å². The van der Waals surface area contributed by atoms with Crippen LogP contribution in [0.1, 0.15) is 18.9 Å². The van der Waals surface area contributed by atoms with Crippen molar-refractivity contribution in [3.8, 4) is 0 Å². The molecule has 1 unspecified atom stereocenters. The normalized spacial score (nSPS) is 17.6. The summed E-state index contributed by atoms with van der Waals surface area (Å²) >= 11 is 0. The predicted octanol–water partition coefficient (Wildman–Crippen LogP) is 2.46. The molecule has 5 nitrogen and oxygen atoms in total. The molecule has 2 aromatic rings. The fourth-order valence-corrected chi connectivity index (χ4v) is 3.11. The van der Waals surface area contributed by atoms with Gasteiger partial charge < -0.3 is 15.5 Å². The summed E-state index contributed by atoms with van der Waals surface area (Å²) in [5.74, 6) is 0.909. The number of para-hydroxylation sites is 1. The average molecular weight is 337 g/mol. The van der Waals surface area contributed by atoms with Gasteiger partial charge in [-0.1, -0.05) is 24.3 Å². The van der Waals surface area contributed by atoms with Gasteiger partial charge >= 0.3 is 0 Å². The average Bonchev–Trinajstić information content (AvgIpc) is 3.12. The van der Waals surface area contributed by atoms with E-state index in [1.165, 1.54) is 11.3 Å². The number of anilines is 1. The fourth-order valence-electron chi connectivity index (χ4n) is 3.11. The molecule has 2 heterocycles. The summed E-state index contributed by atoms with van der Waals surface area (Å²) < 4.78 is 0. The van der Waals surface area contributed by atoms with Gasteiger partial charge in [-0.25, -0.2) is 0 Å². The summed E-state index contributed by atoms with van der Waals surface area (Å²) in [5, 5.41) is 6.94. The second kappa shape index (κ2) is 9.06. The highest BCUT2D eigenvalue weighted by Gasteiger charge is 2.23. The van der Waals surface area contributed by atoms with Crippen LogP contribution in [0.4, 0.5) is 5.69 Å². The molecule has 0 saturated carbocycles. The van der Waals surface area contributed by atoms with Crippen LogP contribution < -0.4 is 15.5 Å². The van der Waals surface area contributed by atoms with Crippen molar-refractivity contribution in [2.24, 2.45) is 4.99 Å². The summed E-state index contributed by atoms with van der Waals surface area (Å²) in [6.07, 6.45) is 5.74. The Morgan fingerprint density at radius 1 is 1.24 bits per heavy atom. The number of nitrogens with zero attached hydrogens (tertiary/aromatic N) is 3. The van der Waals surface area contributed by atoms with E-state index >= 15 is 0 Å². The van der Waals surface area contributed by atoms with Gasteiger partial charge in [-0.05, 0) is 43.5 Å². The lowest BCUT2D eigenvalue weighted by atomic mass is 10.2. The zero-order chi connectivity index (χ0) is 17.3. The van der Waals surface area contributed by atoms with E-state index in [9.17, 15) is 0 Å². The Bertz CT molecular complexity index is 656. The highest BCUT2D eigenvalue weighted by atomic mass is 15.2. The zero-order valence-corrected chi connectivity index (χ0v) is 14.9. The van der Waals surface area contributed by atoms with E-state index in [0.29, 0.717) is 6.04 Å². The maximum atomic E-state index is 4.72. The van der Waals surface area contributed by atoms with Crippen LogP contribution in [-0.4, -0.2) is 43.2 Å². The summed E-state index contributed by atoms with van der Waals surface area (Å²) in [6.45, 7) is 5.82. The van der Waals surface area contributed by atoms with Crippen molar-refractivity contribution in [3.05, 3.63) is 60.4 Å². The Labute approximate surface area is 150 Å². The third-order valence-corrected chi connectivity index (χ3v) is 4.39. The number of benzene rings is 1. The van der Waals surface area contributed by atoms with E-state index in [4.69, 9.17) is 4.99 Å². The predicted molar refractivity (Wildman–Crippen MR) is 104 cm³/mol. The molecule has 0 bridgehead atoms. The first kappa shape index (κ1) is 17.3. The third kappa shape index (κ3) is 5.21. The standard InChI is InChI=1S/C20H27N5/c1-2-22-20(23-13-10-17-7-6-12-21-15-17)24-18-11-14-25(16-18)19-8-4-3-5-9-19/h3-9,12,15,18H,2,10-11,13-14,16H2,1H3,(H2,22,23,24). The van der Waals surface area contributed by atoms with Crippen LogP contribution >= 0.6 is 0 Å². The number of pyridine rings is 1. The van der Waals surface area contributed by atoms with E-state index in [1.54, 1.807) is 6.20 Å². The van der Waals surface area contributed by atoms with Crippen molar-refractivity contribution in [2.75, 3.05) is 31.1 Å². The van der Waals surface area contributed by atoms with Gasteiger partial charge in [-0.15, -0.1) is 0 Å². The molecule has 25 heavy (non-hydrogen) atoms. The van der Waals surface area contributed by atoms with Crippen LogP contribution in [-0.2, 0) is 6.42 Å². The number of hydrogen-bond donors (Lipinski definition) is 2. The molecular formula is C20H27N5. The van der Waals surface area contributed by atoms with Crippen molar-refractivity contribution >= 4 is 11.6 Å². The van der Waals surface area contributed by atoms with E-state index in [-0.39, 0.29) is 0 Å². The molecule has 1 aromatic carbocycles. The van der Waals surface area contributed by atoms with Gasteiger partial charge in [0.15, 0.2) is 5.96 Å². The van der Waals surface area contributed by atoms with Gasteiger partial charge in [0.2, 0.25) is 0 Å². The molecule has 132 valence electrons. The maximum absolute atomic E-state index is 4.72. The Kier molecular flexibility index (Phi) is 6.26. The molecule has 0 aliphatic carbocycles. The highest BCUT2D eigenvalue weighted by Crippen LogP contribution is 2.19. The molecule has 1 atom stereocenters. The van der Waals surface area contributed by atoms with Crippen molar-refractivity contribution in [1.82, 2.24) is 15.6 Å². The van der Waals surface area contributed by atoms with Crippen LogP contribution in [0.5, 0.6) is 0 Å². The quantitative estimate of drug-likeness (QED) is 0.628. The summed E-state index contributed by atoms with van der Waals surface area (Å²) in [5.41, 5.74) is 2.52. The Balaban J connectivity index is 1.52. The minimum atomic E-state index is 0.427. The topological polar surface area (TPSA) is 52.6 Å². The van der Waals surface area contributed by atoms with Gasteiger partial charge in [0.25, 0.3) is 0 Å². The summed E-state index contributed by atoms with van der Waals surface area (Å²) in [6, 6.07) is 15.1. The first-order chi connectivity index (χ1) is 12.3. The first-order valence-corrected chi connectivity index (χ1v) is 9.09. The zero-order valence-electron chi connectivity index (χ0n) is 14.9. The highest BCUT2D eigenvalue weighted by molar-refractivity contribution is 5.80. The molecular weight excluding hydrogens is 310 g/mol. The number of aromatic nitrogens is 1. The minimum absolute atomic E-state index is 0.427. The van der Waals surface area contributed by atoms with E-state index in [1.807, 2.05) is 12.3 Å². The minimum Gasteiger partial charge on any atom is -0.369 e. The second-order valence-corrected chi connectivity index (χ2v) is 6.28. The lowest BCUT2D eigenvalue weighted by Crippen LogP contribution is -2.44. The van der Waals surface area contributed by atoms with Gasteiger partial charge in [-0.2, -0.15) is 0 Å². The molecule has 2 N–H and O–H groups in total. The molecule has 5 heteroatoms. The SMILES string of the molecule is CCNC(=NCCc1cccnc1)NC1CCN(c2ccccc2)C1. The molecule has 1 aromatic heterocycles. The smallest absolute Gasteiger partial charge is 0.191 e. The Morgan fingerprint density at radius 3 is 2.88 bits per heavy atom. The van der Waals surface area contributed by atoms with Gasteiger partial charge in [0.1, 0.15) is 0 Å². The molecule has 1 fully saturated rings. The summed E-state index contributed by atoms with van der Waals surface area (Å²) in [7, 11) is 0. The van der Waals surface area contributed by atoms with Crippen LogP contribution in [0.25, 0.3) is 0 Å². The van der Waals surface area contributed by atoms with Crippen molar-refractivity contribution in [1.29, 1.82) is 0 Å². The Hall–Kier alpha value is -2.56. The van der Waals surface area contributed by atoms with Crippen LogP contribution in [0.15, 0.2) is 59.9 Å². The molecule has 1 saturated heterocycles. The molecule has 0 radical (unpaired) electrons. The molecule has 0 amide bonds. The van der Waals surface area contributed by atoms with E-state index in [2.05, 4.69) is 63.8 Å². The maximum Gasteiger partial charge on any atom is 0.191 e. The number of guanidine groups is 1.